The van der Waals surface area contributed by atoms with E-state index in [-0.39, 0.29) is 11.7 Å². The maximum Gasteiger partial charge on any atom is 0.338 e. The van der Waals surface area contributed by atoms with E-state index in [1.165, 1.54) is 7.05 Å². The maximum absolute atomic E-state index is 14.7. The monoisotopic (exact) mass is 402 g/mol. The Morgan fingerprint density at radius 1 is 1.26 bits per heavy atom. The molecule has 0 aromatic heterocycles. The van der Waals surface area contributed by atoms with E-state index in [1.807, 2.05) is 4.72 Å². The topological polar surface area (TPSA) is 113 Å². The predicted molar refractivity (Wildman–Crippen MR) is 95.5 cm³/mol. The predicted octanol–water partition coefficient (Wildman–Crippen LogP) is 2.16. The molecular formula is C17H23FN2O6S. The number of benzene rings is 1. The Labute approximate surface area is 157 Å². The second-order valence-electron chi connectivity index (χ2n) is 6.68. The van der Waals surface area contributed by atoms with E-state index in [9.17, 15) is 22.4 Å². The lowest BCUT2D eigenvalue weighted by atomic mass is 10.1. The van der Waals surface area contributed by atoms with Crippen LogP contribution < -0.4 is 9.46 Å². The summed E-state index contributed by atoms with van der Waals surface area (Å²) in [5.41, 5.74) is -1.02. The Hall–Kier alpha value is -2.20. The van der Waals surface area contributed by atoms with Crippen molar-refractivity contribution in [2.45, 2.75) is 51.7 Å². The number of amides is 1. The second kappa shape index (κ2) is 8.22. The molecule has 0 unspecified atom stereocenters. The maximum atomic E-state index is 14.7. The Kier molecular flexibility index (Phi) is 6.42. The summed E-state index contributed by atoms with van der Waals surface area (Å²) in [6.45, 7) is 3.25. The van der Waals surface area contributed by atoms with Crippen molar-refractivity contribution in [3.05, 3.63) is 29.1 Å². The second-order valence-corrected chi connectivity index (χ2v) is 8.41. The van der Waals surface area contributed by atoms with Crippen molar-refractivity contribution >= 4 is 22.1 Å². The number of halogens is 1. The summed E-state index contributed by atoms with van der Waals surface area (Å²) >= 11 is 0. The summed E-state index contributed by atoms with van der Waals surface area (Å²) in [6.07, 6.45) is 2.68. The number of ether oxygens (including phenoxy) is 1. The number of aromatic carboxylic acids is 1. The average Bonchev–Trinajstić information content (AvgIpc) is 3.07. The molecule has 27 heavy (non-hydrogen) atoms. The molecule has 0 heterocycles. The van der Waals surface area contributed by atoms with Crippen LogP contribution in [0.4, 0.5) is 4.39 Å². The van der Waals surface area contributed by atoms with Crippen LogP contribution >= 0.6 is 0 Å². The van der Waals surface area contributed by atoms with Gasteiger partial charge in [-0.2, -0.15) is 12.7 Å². The molecule has 1 fully saturated rings. The number of carbonyl (C=O) groups excluding carboxylic acids is 1. The third-order valence-corrected chi connectivity index (χ3v) is 6.11. The zero-order valence-corrected chi connectivity index (χ0v) is 16.2. The van der Waals surface area contributed by atoms with Crippen LogP contribution in [0.2, 0.25) is 0 Å². The molecular weight excluding hydrogens is 379 g/mol. The van der Waals surface area contributed by atoms with Gasteiger partial charge in [0.2, 0.25) is 0 Å². The molecule has 0 saturated heterocycles. The molecule has 0 radical (unpaired) electrons. The number of nitrogens with zero attached hydrogens (tertiary/aromatic N) is 1. The lowest BCUT2D eigenvalue weighted by Crippen LogP contribution is -2.44. The lowest BCUT2D eigenvalue weighted by molar-refractivity contribution is 0.0688. The van der Waals surface area contributed by atoms with Crippen LogP contribution in [0.15, 0.2) is 12.1 Å². The normalized spacial score (nSPS) is 15.3. The van der Waals surface area contributed by atoms with Gasteiger partial charge in [0, 0.05) is 13.1 Å². The van der Waals surface area contributed by atoms with Crippen molar-refractivity contribution in [2.24, 2.45) is 0 Å². The highest BCUT2D eigenvalue weighted by molar-refractivity contribution is 7.87. The smallest absolute Gasteiger partial charge is 0.338 e. The first kappa shape index (κ1) is 21.1. The molecule has 10 heteroatoms. The fourth-order valence-electron chi connectivity index (χ4n) is 2.71. The third kappa shape index (κ3) is 4.75. The highest BCUT2D eigenvalue weighted by atomic mass is 32.2. The molecule has 0 bridgehead atoms. The molecule has 0 aliphatic heterocycles. The van der Waals surface area contributed by atoms with Crippen LogP contribution in [-0.4, -0.2) is 48.9 Å². The Balaban J connectivity index is 2.40. The first-order chi connectivity index (χ1) is 12.5. The highest BCUT2D eigenvalue weighted by Gasteiger charge is 2.30. The van der Waals surface area contributed by atoms with Crippen molar-refractivity contribution in [3.63, 3.8) is 0 Å². The largest absolute Gasteiger partial charge is 0.486 e. The molecule has 1 aromatic carbocycles. The number of carbonyl (C=O) groups is 2. The van der Waals surface area contributed by atoms with Crippen LogP contribution in [0.5, 0.6) is 5.75 Å². The average molecular weight is 402 g/mol. The van der Waals surface area contributed by atoms with Crippen molar-refractivity contribution < 1.29 is 32.2 Å². The fourth-order valence-corrected chi connectivity index (χ4v) is 3.75. The molecule has 0 atom stereocenters. The molecule has 0 spiro atoms. The summed E-state index contributed by atoms with van der Waals surface area (Å²) in [7, 11) is -2.85. The van der Waals surface area contributed by atoms with Gasteiger partial charge in [-0.1, -0.05) is 0 Å². The van der Waals surface area contributed by atoms with Crippen molar-refractivity contribution in [1.29, 1.82) is 0 Å². The Morgan fingerprint density at radius 2 is 1.81 bits per heavy atom. The number of rotatable bonds is 7. The van der Waals surface area contributed by atoms with Crippen molar-refractivity contribution in [3.8, 4) is 5.75 Å². The summed E-state index contributed by atoms with van der Waals surface area (Å²) in [5, 5.41) is 9.10. The van der Waals surface area contributed by atoms with E-state index >= 15 is 0 Å². The first-order valence-corrected chi connectivity index (χ1v) is 10.0. The van der Waals surface area contributed by atoms with E-state index in [0.717, 1.165) is 29.3 Å². The SMILES string of the molecule is CC(C)N(C)S(=O)(=O)NC(=O)c1ccc(C(=O)O)c(F)c1OC1CCCC1. The zero-order chi connectivity index (χ0) is 20.4. The number of nitrogens with one attached hydrogen (secondary N) is 1. The molecule has 1 aliphatic carbocycles. The zero-order valence-electron chi connectivity index (χ0n) is 15.4. The molecule has 2 N–H and O–H groups in total. The minimum atomic E-state index is -4.15. The molecule has 150 valence electrons. The van der Waals surface area contributed by atoms with E-state index in [2.05, 4.69) is 0 Å². The highest BCUT2D eigenvalue weighted by Crippen LogP contribution is 2.31. The van der Waals surface area contributed by atoms with Crippen LogP contribution in [0, 0.1) is 5.82 Å². The van der Waals surface area contributed by atoms with Crippen molar-refractivity contribution in [2.75, 3.05) is 7.05 Å². The fraction of sp³-hybridized carbons (Fsp3) is 0.529. The summed E-state index contributed by atoms with van der Waals surface area (Å²) < 4.78 is 47.5. The summed E-state index contributed by atoms with van der Waals surface area (Å²) in [4.78, 5) is 23.7. The summed E-state index contributed by atoms with van der Waals surface area (Å²) in [6, 6.07) is 1.56. The minimum absolute atomic E-state index is 0.356. The van der Waals surface area contributed by atoms with Gasteiger partial charge in [-0.3, -0.25) is 4.79 Å². The van der Waals surface area contributed by atoms with Crippen molar-refractivity contribution in [1.82, 2.24) is 9.03 Å². The van der Waals surface area contributed by atoms with Gasteiger partial charge < -0.3 is 9.84 Å². The Morgan fingerprint density at radius 3 is 2.33 bits per heavy atom. The van der Waals surface area contributed by atoms with Gasteiger partial charge in [-0.25, -0.2) is 13.9 Å². The van der Waals surface area contributed by atoms with Gasteiger partial charge in [0.25, 0.3) is 5.91 Å². The van der Waals surface area contributed by atoms with Crippen LogP contribution in [0.1, 0.15) is 60.2 Å². The van der Waals surface area contributed by atoms with E-state index in [1.54, 1.807) is 13.8 Å². The molecule has 1 aliphatic rings. The standard InChI is InChI=1S/C17H23FN2O6S/c1-10(2)20(3)27(24,25)19-16(21)13-9-8-12(17(22)23)14(18)15(13)26-11-6-4-5-7-11/h8-11H,4-7H2,1-3H3,(H,19,21)(H,22,23). The molecule has 1 aromatic rings. The lowest BCUT2D eigenvalue weighted by Gasteiger charge is -2.22. The van der Waals surface area contributed by atoms with Gasteiger partial charge in [-0.15, -0.1) is 0 Å². The van der Waals surface area contributed by atoms with Gasteiger partial charge in [0.1, 0.15) is 0 Å². The summed E-state index contributed by atoms with van der Waals surface area (Å²) in [5.74, 6) is -4.34. The number of hydrogen-bond donors (Lipinski definition) is 2. The van der Waals surface area contributed by atoms with E-state index < -0.39 is 45.3 Å². The van der Waals surface area contributed by atoms with Crippen LogP contribution in [-0.2, 0) is 10.2 Å². The van der Waals surface area contributed by atoms with Gasteiger partial charge >= 0.3 is 16.2 Å². The minimum Gasteiger partial charge on any atom is -0.486 e. The van der Waals surface area contributed by atoms with E-state index in [4.69, 9.17) is 9.84 Å². The first-order valence-electron chi connectivity index (χ1n) is 8.57. The number of carboxylic acids is 1. The number of hydrogen-bond acceptors (Lipinski definition) is 5. The van der Waals surface area contributed by atoms with Crippen LogP contribution in [0.3, 0.4) is 0 Å². The number of carboxylic acid groups (broad SMARTS) is 1. The molecule has 2 rings (SSSR count). The van der Waals surface area contributed by atoms with Gasteiger partial charge in [0.05, 0.1) is 17.2 Å². The van der Waals surface area contributed by atoms with E-state index in [0.29, 0.717) is 12.8 Å². The molecule has 1 amide bonds. The van der Waals surface area contributed by atoms with Gasteiger partial charge in [-0.05, 0) is 51.7 Å². The quantitative estimate of drug-likeness (QED) is 0.723. The molecule has 1 saturated carbocycles. The van der Waals surface area contributed by atoms with Gasteiger partial charge in [0.15, 0.2) is 11.6 Å². The Bertz CT molecular complexity index is 834. The van der Waals surface area contributed by atoms with Crippen LogP contribution in [0.25, 0.3) is 0 Å². The molecule has 8 nitrogen and oxygen atoms in total. The third-order valence-electron chi connectivity index (χ3n) is 4.49.